The lowest BCUT2D eigenvalue weighted by Gasteiger charge is -2.20. The predicted octanol–water partition coefficient (Wildman–Crippen LogP) is 4.60. The molecular formula is C19H18ClN3O2S. The molecule has 0 fully saturated rings. The van der Waals surface area contributed by atoms with Gasteiger partial charge in [0.25, 0.3) is 0 Å². The van der Waals surface area contributed by atoms with E-state index in [1.165, 1.54) is 5.56 Å². The molecule has 2 heterocycles. The quantitative estimate of drug-likeness (QED) is 0.612. The van der Waals surface area contributed by atoms with E-state index in [0.29, 0.717) is 17.4 Å². The second-order valence-corrected chi connectivity index (χ2v) is 7.51. The van der Waals surface area contributed by atoms with Gasteiger partial charge in [-0.25, -0.2) is 0 Å². The van der Waals surface area contributed by atoms with E-state index in [-0.39, 0.29) is 6.79 Å². The van der Waals surface area contributed by atoms with Crippen molar-refractivity contribution >= 4 is 23.4 Å². The fourth-order valence-corrected chi connectivity index (χ4v) is 4.15. The molecule has 0 unspecified atom stereocenters. The minimum absolute atomic E-state index is 0.272. The maximum atomic E-state index is 6.24. The summed E-state index contributed by atoms with van der Waals surface area (Å²) in [6.45, 7) is 2.87. The van der Waals surface area contributed by atoms with Gasteiger partial charge in [-0.2, -0.15) is 0 Å². The Labute approximate surface area is 161 Å². The third-order valence-electron chi connectivity index (χ3n) is 4.33. The normalized spacial score (nSPS) is 13.3. The summed E-state index contributed by atoms with van der Waals surface area (Å²) in [6, 6.07) is 12.0. The first-order valence-electron chi connectivity index (χ1n) is 8.23. The third-order valence-corrected chi connectivity index (χ3v) is 5.62. The lowest BCUT2D eigenvalue weighted by atomic mass is 10.1. The van der Waals surface area contributed by atoms with Crippen LogP contribution in [0.25, 0.3) is 11.4 Å². The van der Waals surface area contributed by atoms with Crippen LogP contribution in [0.5, 0.6) is 5.75 Å². The van der Waals surface area contributed by atoms with Gasteiger partial charge in [0.05, 0.1) is 6.61 Å². The summed E-state index contributed by atoms with van der Waals surface area (Å²) >= 11 is 7.86. The Bertz CT molecular complexity index is 958. The van der Waals surface area contributed by atoms with Crippen LogP contribution in [0.1, 0.15) is 16.7 Å². The number of aromatic nitrogens is 3. The number of ether oxygens (including phenoxy) is 2. The molecule has 0 radical (unpaired) electrons. The largest absolute Gasteiger partial charge is 0.467 e. The Morgan fingerprint density at radius 1 is 1.23 bits per heavy atom. The Morgan fingerprint density at radius 3 is 2.92 bits per heavy atom. The molecule has 0 atom stereocenters. The van der Waals surface area contributed by atoms with Crippen molar-refractivity contribution in [2.75, 3.05) is 6.79 Å². The Hall–Kier alpha value is -2.02. The van der Waals surface area contributed by atoms with Crippen LogP contribution in [-0.4, -0.2) is 21.6 Å². The summed E-state index contributed by atoms with van der Waals surface area (Å²) in [4.78, 5) is 0. The molecule has 0 saturated carbocycles. The molecule has 1 aromatic heterocycles. The lowest BCUT2D eigenvalue weighted by molar-refractivity contribution is -0.0168. The maximum absolute atomic E-state index is 6.24. The molecule has 4 rings (SSSR count). The Morgan fingerprint density at radius 2 is 2.08 bits per heavy atom. The van der Waals surface area contributed by atoms with Crippen molar-refractivity contribution in [3.05, 3.63) is 58.1 Å². The Balaban J connectivity index is 1.59. The van der Waals surface area contributed by atoms with Crippen LogP contribution >= 0.6 is 23.4 Å². The molecule has 5 nitrogen and oxygen atoms in total. The van der Waals surface area contributed by atoms with Crippen LogP contribution < -0.4 is 4.74 Å². The standard InChI is InChI=1S/C19H18ClN3O2S/c1-12-5-3-4-6-16(12)18-21-22-19(23(18)2)26-10-14-8-15(20)7-13-9-24-11-25-17(13)14/h3-8H,9-11H2,1-2H3. The van der Waals surface area contributed by atoms with Crippen LogP contribution in [0.4, 0.5) is 0 Å². The highest BCUT2D eigenvalue weighted by atomic mass is 35.5. The number of rotatable bonds is 4. The van der Waals surface area contributed by atoms with Gasteiger partial charge in [0, 0.05) is 34.5 Å². The average molecular weight is 388 g/mol. The van der Waals surface area contributed by atoms with Crippen molar-refractivity contribution in [2.24, 2.45) is 7.05 Å². The van der Waals surface area contributed by atoms with Gasteiger partial charge in [-0.1, -0.05) is 47.6 Å². The van der Waals surface area contributed by atoms with Gasteiger partial charge < -0.3 is 14.0 Å². The van der Waals surface area contributed by atoms with Crippen molar-refractivity contribution in [2.45, 2.75) is 24.4 Å². The topological polar surface area (TPSA) is 49.2 Å². The third kappa shape index (κ3) is 3.32. The van der Waals surface area contributed by atoms with Crippen LogP contribution in [0, 0.1) is 6.92 Å². The minimum Gasteiger partial charge on any atom is -0.467 e. The monoisotopic (exact) mass is 387 g/mol. The van der Waals surface area contributed by atoms with E-state index in [0.717, 1.165) is 33.4 Å². The number of hydrogen-bond acceptors (Lipinski definition) is 5. The highest BCUT2D eigenvalue weighted by Crippen LogP contribution is 2.35. The molecule has 0 N–H and O–H groups in total. The number of aryl methyl sites for hydroxylation is 1. The number of halogens is 1. The van der Waals surface area contributed by atoms with Gasteiger partial charge in [0.15, 0.2) is 17.8 Å². The molecule has 2 aromatic carbocycles. The van der Waals surface area contributed by atoms with E-state index in [1.54, 1.807) is 11.8 Å². The second-order valence-electron chi connectivity index (χ2n) is 6.13. The van der Waals surface area contributed by atoms with Gasteiger partial charge in [-0.3, -0.25) is 0 Å². The highest BCUT2D eigenvalue weighted by Gasteiger charge is 2.18. The van der Waals surface area contributed by atoms with E-state index in [2.05, 4.69) is 29.3 Å². The zero-order valence-electron chi connectivity index (χ0n) is 14.5. The molecule has 26 heavy (non-hydrogen) atoms. The number of hydrogen-bond donors (Lipinski definition) is 0. The van der Waals surface area contributed by atoms with E-state index in [4.69, 9.17) is 21.1 Å². The smallest absolute Gasteiger partial charge is 0.191 e. The second kappa shape index (κ2) is 7.31. The molecular weight excluding hydrogens is 370 g/mol. The molecule has 0 aliphatic carbocycles. The van der Waals surface area contributed by atoms with E-state index >= 15 is 0 Å². The molecule has 1 aliphatic rings. The summed E-state index contributed by atoms with van der Waals surface area (Å²) in [6.07, 6.45) is 0. The predicted molar refractivity (Wildman–Crippen MR) is 102 cm³/mol. The van der Waals surface area contributed by atoms with Crippen molar-refractivity contribution in [3.8, 4) is 17.1 Å². The molecule has 0 spiro atoms. The first-order chi connectivity index (χ1) is 12.6. The lowest BCUT2D eigenvalue weighted by Crippen LogP contribution is -2.13. The molecule has 3 aromatic rings. The first-order valence-corrected chi connectivity index (χ1v) is 9.60. The molecule has 0 bridgehead atoms. The van der Waals surface area contributed by atoms with E-state index in [9.17, 15) is 0 Å². The van der Waals surface area contributed by atoms with Crippen LogP contribution in [-0.2, 0) is 24.1 Å². The number of fused-ring (bicyclic) bond motifs is 1. The van der Waals surface area contributed by atoms with E-state index in [1.807, 2.05) is 35.9 Å². The van der Waals surface area contributed by atoms with Gasteiger partial charge in [0.1, 0.15) is 5.75 Å². The van der Waals surface area contributed by atoms with Gasteiger partial charge in [-0.15, -0.1) is 10.2 Å². The summed E-state index contributed by atoms with van der Waals surface area (Å²) in [5.41, 5.74) is 4.30. The van der Waals surface area contributed by atoms with Gasteiger partial charge >= 0.3 is 0 Å². The molecule has 0 amide bonds. The first kappa shape index (κ1) is 17.4. The fraction of sp³-hybridized carbons (Fsp3) is 0.263. The van der Waals surface area contributed by atoms with Gasteiger partial charge in [0.2, 0.25) is 0 Å². The maximum Gasteiger partial charge on any atom is 0.191 e. The number of benzene rings is 2. The summed E-state index contributed by atoms with van der Waals surface area (Å²) in [5, 5.41) is 10.3. The fourth-order valence-electron chi connectivity index (χ4n) is 3.01. The van der Waals surface area contributed by atoms with Crippen LogP contribution in [0.3, 0.4) is 0 Å². The summed E-state index contributed by atoms with van der Waals surface area (Å²) in [5.74, 6) is 2.43. The zero-order valence-corrected chi connectivity index (χ0v) is 16.1. The van der Waals surface area contributed by atoms with Crippen molar-refractivity contribution in [1.82, 2.24) is 14.8 Å². The molecule has 7 heteroatoms. The molecule has 1 aliphatic heterocycles. The minimum atomic E-state index is 0.272. The van der Waals surface area contributed by atoms with Crippen molar-refractivity contribution in [3.63, 3.8) is 0 Å². The van der Waals surface area contributed by atoms with Crippen LogP contribution in [0.2, 0.25) is 5.02 Å². The van der Waals surface area contributed by atoms with Crippen LogP contribution in [0.15, 0.2) is 41.6 Å². The summed E-state index contributed by atoms with van der Waals surface area (Å²) in [7, 11) is 1.99. The van der Waals surface area contributed by atoms with Gasteiger partial charge in [-0.05, 0) is 24.6 Å². The average Bonchev–Trinajstić information content (AvgIpc) is 3.00. The Kier molecular flexibility index (Phi) is 4.89. The highest BCUT2D eigenvalue weighted by molar-refractivity contribution is 7.98. The number of thioether (sulfide) groups is 1. The van der Waals surface area contributed by atoms with Crippen molar-refractivity contribution in [1.29, 1.82) is 0 Å². The zero-order chi connectivity index (χ0) is 18.1. The number of nitrogens with zero attached hydrogens (tertiary/aromatic N) is 3. The molecule has 0 saturated heterocycles. The van der Waals surface area contributed by atoms with Crippen molar-refractivity contribution < 1.29 is 9.47 Å². The van der Waals surface area contributed by atoms with E-state index < -0.39 is 0 Å². The SMILES string of the molecule is Cc1ccccc1-c1nnc(SCc2cc(Cl)cc3c2OCOC3)n1C. The molecule has 134 valence electrons. The summed E-state index contributed by atoms with van der Waals surface area (Å²) < 4.78 is 13.0.